The Morgan fingerprint density at radius 2 is 1.97 bits per heavy atom. The topological polar surface area (TPSA) is 122 Å². The molecule has 0 saturated carbocycles. The second kappa shape index (κ2) is 9.19. The van der Waals surface area contributed by atoms with E-state index in [1.807, 2.05) is 13.8 Å². The molecular weight excluding hydrogens is 418 g/mol. The monoisotopic (exact) mass is 447 g/mol. The molecule has 0 aliphatic carbocycles. The second-order valence-corrected chi connectivity index (χ2v) is 10.5. The van der Waals surface area contributed by atoms with Gasteiger partial charge >= 0.3 is 0 Å². The van der Waals surface area contributed by atoms with Gasteiger partial charge in [-0.15, -0.1) is 0 Å². The van der Waals surface area contributed by atoms with Crippen molar-refractivity contribution in [2.24, 2.45) is 0 Å². The summed E-state index contributed by atoms with van der Waals surface area (Å²) in [4.78, 5) is 24.9. The van der Waals surface area contributed by atoms with Gasteiger partial charge in [-0.05, 0) is 44.9 Å². The zero-order valence-corrected chi connectivity index (χ0v) is 19.0. The number of aryl methyl sites for hydroxylation is 1. The van der Waals surface area contributed by atoms with Crippen LogP contribution < -0.4 is 16.0 Å². The lowest BCUT2D eigenvalue weighted by atomic mass is 10.1. The summed E-state index contributed by atoms with van der Waals surface area (Å²) in [6, 6.07) is 8.11. The number of aromatic nitrogens is 2. The average molecular weight is 448 g/mol. The first kappa shape index (κ1) is 23.0. The lowest BCUT2D eigenvalue weighted by Crippen LogP contribution is -2.53. The molecule has 0 spiro atoms. The molecule has 2 amide bonds. The van der Waals surface area contributed by atoms with Crippen molar-refractivity contribution in [3.8, 4) is 0 Å². The molecule has 3 rings (SSSR count). The molecule has 0 radical (unpaired) electrons. The van der Waals surface area contributed by atoms with Gasteiger partial charge in [0.2, 0.25) is 11.8 Å². The third-order valence-electron chi connectivity index (χ3n) is 5.22. The summed E-state index contributed by atoms with van der Waals surface area (Å²) in [5, 5.41) is 12.9. The number of carbonyl (C=O) groups excluding carboxylic acids is 2. The van der Waals surface area contributed by atoms with Crippen molar-refractivity contribution in [2.75, 3.05) is 5.32 Å². The van der Waals surface area contributed by atoms with E-state index in [4.69, 9.17) is 0 Å². The number of carbonyl (C=O) groups is 2. The molecule has 1 fully saturated rings. The van der Waals surface area contributed by atoms with Crippen LogP contribution in [0.3, 0.4) is 0 Å². The van der Waals surface area contributed by atoms with Gasteiger partial charge in [0.1, 0.15) is 5.82 Å². The van der Waals surface area contributed by atoms with Gasteiger partial charge in [0.05, 0.1) is 22.3 Å². The molecule has 2 atom stereocenters. The molecule has 1 aliphatic heterocycles. The van der Waals surface area contributed by atoms with Gasteiger partial charge in [-0.2, -0.15) is 5.10 Å². The lowest BCUT2D eigenvalue weighted by Gasteiger charge is -2.31. The third kappa shape index (κ3) is 5.31. The Balaban J connectivity index is 1.71. The highest BCUT2D eigenvalue weighted by Gasteiger charge is 2.28. The van der Waals surface area contributed by atoms with E-state index in [0.29, 0.717) is 23.5 Å². The van der Waals surface area contributed by atoms with E-state index in [1.165, 1.54) is 12.1 Å². The fraction of sp³-hybridized carbons (Fsp3) is 0.476. The number of hydrogen-bond acceptors (Lipinski definition) is 6. The zero-order chi connectivity index (χ0) is 22.8. The average Bonchev–Trinajstić information content (AvgIpc) is 3.07. The van der Waals surface area contributed by atoms with Crippen LogP contribution in [-0.2, 0) is 25.8 Å². The molecule has 1 aromatic carbocycles. The van der Waals surface area contributed by atoms with E-state index in [0.717, 1.165) is 6.42 Å². The highest BCUT2D eigenvalue weighted by Crippen LogP contribution is 2.20. The molecular formula is C21H29N5O4S. The van der Waals surface area contributed by atoms with Crippen LogP contribution in [0.5, 0.6) is 0 Å². The highest BCUT2D eigenvalue weighted by molar-refractivity contribution is 7.92. The molecule has 31 heavy (non-hydrogen) atoms. The number of amides is 2. The summed E-state index contributed by atoms with van der Waals surface area (Å²) >= 11 is 0. The molecule has 1 aliphatic rings. The Hall–Kier alpha value is -2.72. The van der Waals surface area contributed by atoms with Gasteiger partial charge in [0.25, 0.3) is 0 Å². The zero-order valence-electron chi connectivity index (χ0n) is 18.2. The summed E-state index contributed by atoms with van der Waals surface area (Å²) in [6.07, 6.45) is 0.732. The summed E-state index contributed by atoms with van der Waals surface area (Å²) in [5.74, 6) is 0.128. The van der Waals surface area contributed by atoms with Gasteiger partial charge in [-0.3, -0.25) is 14.9 Å². The van der Waals surface area contributed by atoms with Crippen LogP contribution in [0, 0.1) is 6.92 Å². The van der Waals surface area contributed by atoms with Crippen LogP contribution in [0.15, 0.2) is 35.2 Å². The standard InChI is InChI=1S/C21H29N5O4S/c1-5-16-12-20(28)24-21(22-16)26-18(10-14(4)25-26)23-19(27)11-15-6-8-17(9-7-15)31(29,30)13(2)3/h6-10,13,16,21-22H,5,11-12H2,1-4H3,(H,23,27)(H,24,28). The molecule has 2 unspecified atom stereocenters. The molecule has 0 bridgehead atoms. The number of rotatable bonds is 7. The first-order chi connectivity index (χ1) is 14.6. The molecule has 168 valence electrons. The fourth-order valence-electron chi connectivity index (χ4n) is 3.40. The van der Waals surface area contributed by atoms with Gasteiger partial charge in [-0.25, -0.2) is 13.1 Å². The van der Waals surface area contributed by atoms with E-state index in [9.17, 15) is 18.0 Å². The number of hydrogen-bond donors (Lipinski definition) is 3. The Labute approximate surface area is 182 Å². The first-order valence-electron chi connectivity index (χ1n) is 10.3. The minimum Gasteiger partial charge on any atom is -0.322 e. The summed E-state index contributed by atoms with van der Waals surface area (Å²) in [5.41, 5.74) is 1.39. The Morgan fingerprint density at radius 3 is 2.58 bits per heavy atom. The molecule has 1 aromatic heterocycles. The van der Waals surface area contributed by atoms with Crippen molar-refractivity contribution in [1.82, 2.24) is 20.4 Å². The van der Waals surface area contributed by atoms with Crippen LogP contribution in [0.2, 0.25) is 0 Å². The Bertz CT molecular complexity index is 1060. The van der Waals surface area contributed by atoms with E-state index in [-0.39, 0.29) is 29.2 Å². The number of nitrogens with zero attached hydrogens (tertiary/aromatic N) is 2. The normalized spacial score (nSPS) is 19.3. The first-order valence-corrected chi connectivity index (χ1v) is 11.9. The van der Waals surface area contributed by atoms with Crippen LogP contribution in [0.1, 0.15) is 51.2 Å². The lowest BCUT2D eigenvalue weighted by molar-refractivity contribution is -0.125. The van der Waals surface area contributed by atoms with Crippen LogP contribution in [0.4, 0.5) is 5.82 Å². The predicted octanol–water partition coefficient (Wildman–Crippen LogP) is 1.90. The second-order valence-electron chi connectivity index (χ2n) is 8.02. The summed E-state index contributed by atoms with van der Waals surface area (Å²) in [6.45, 7) is 7.08. The third-order valence-corrected chi connectivity index (χ3v) is 7.39. The predicted molar refractivity (Wildman–Crippen MR) is 117 cm³/mol. The van der Waals surface area contributed by atoms with E-state index < -0.39 is 21.4 Å². The Morgan fingerprint density at radius 1 is 1.29 bits per heavy atom. The largest absolute Gasteiger partial charge is 0.322 e. The van der Waals surface area contributed by atoms with Gasteiger partial charge in [0, 0.05) is 18.5 Å². The highest BCUT2D eigenvalue weighted by atomic mass is 32.2. The molecule has 9 nitrogen and oxygen atoms in total. The van der Waals surface area contributed by atoms with Crippen molar-refractivity contribution < 1.29 is 18.0 Å². The molecule has 3 N–H and O–H groups in total. The summed E-state index contributed by atoms with van der Waals surface area (Å²) < 4.78 is 26.0. The molecule has 2 heterocycles. The quantitative estimate of drug-likeness (QED) is 0.596. The number of benzene rings is 1. The maximum absolute atomic E-state index is 12.6. The van der Waals surface area contributed by atoms with Gasteiger partial charge in [0.15, 0.2) is 16.1 Å². The van der Waals surface area contributed by atoms with Gasteiger partial charge < -0.3 is 10.6 Å². The minimum atomic E-state index is -3.35. The summed E-state index contributed by atoms with van der Waals surface area (Å²) in [7, 11) is -3.35. The number of anilines is 1. The maximum atomic E-state index is 12.6. The molecule has 1 saturated heterocycles. The molecule has 2 aromatic rings. The van der Waals surface area contributed by atoms with Crippen molar-refractivity contribution >= 4 is 27.5 Å². The van der Waals surface area contributed by atoms with Crippen molar-refractivity contribution in [2.45, 2.75) is 69.4 Å². The SMILES string of the molecule is CCC1CC(=O)NC(n2nc(C)cc2NC(=O)Cc2ccc(S(=O)(=O)C(C)C)cc2)N1. The minimum absolute atomic E-state index is 0.0347. The molecule has 10 heteroatoms. The van der Waals surface area contributed by atoms with Crippen LogP contribution in [-0.4, -0.2) is 41.3 Å². The van der Waals surface area contributed by atoms with Gasteiger partial charge in [-0.1, -0.05) is 19.1 Å². The number of sulfone groups is 1. The van der Waals surface area contributed by atoms with Crippen LogP contribution >= 0.6 is 0 Å². The van der Waals surface area contributed by atoms with E-state index >= 15 is 0 Å². The smallest absolute Gasteiger partial charge is 0.229 e. The maximum Gasteiger partial charge on any atom is 0.229 e. The van der Waals surface area contributed by atoms with Crippen molar-refractivity contribution in [3.63, 3.8) is 0 Å². The Kier molecular flexibility index (Phi) is 6.80. The van der Waals surface area contributed by atoms with Crippen molar-refractivity contribution in [3.05, 3.63) is 41.6 Å². The van der Waals surface area contributed by atoms with Crippen molar-refractivity contribution in [1.29, 1.82) is 0 Å². The van der Waals surface area contributed by atoms with E-state index in [1.54, 1.807) is 36.7 Å². The number of nitrogens with one attached hydrogen (secondary N) is 3. The fourth-order valence-corrected chi connectivity index (χ4v) is 4.46. The van der Waals surface area contributed by atoms with Crippen LogP contribution in [0.25, 0.3) is 0 Å². The van der Waals surface area contributed by atoms with E-state index in [2.05, 4.69) is 21.0 Å².